The molecule has 98 valence electrons. The van der Waals surface area contributed by atoms with Crippen molar-refractivity contribution in [2.75, 3.05) is 6.61 Å². The molecule has 0 radical (unpaired) electrons. The number of aromatic nitrogens is 1. The molecule has 0 fully saturated rings. The van der Waals surface area contributed by atoms with E-state index in [2.05, 4.69) is 4.98 Å². The molecule has 2 aromatic rings. The molecule has 1 aromatic heterocycles. The predicted octanol–water partition coefficient (Wildman–Crippen LogP) is 3.58. The molecule has 0 spiro atoms. The molecule has 19 heavy (non-hydrogen) atoms. The van der Waals surface area contributed by atoms with Gasteiger partial charge < -0.3 is 4.74 Å². The number of rotatable bonds is 5. The molecular formula is C14H11Cl2NO2. The highest BCUT2D eigenvalue weighted by atomic mass is 35.5. The first-order valence-corrected chi connectivity index (χ1v) is 6.39. The number of nitrogens with zero attached hydrogens (tertiary/aromatic N) is 1. The molecule has 0 saturated heterocycles. The van der Waals surface area contributed by atoms with Crippen LogP contribution in [0.5, 0.6) is 5.75 Å². The first-order chi connectivity index (χ1) is 9.15. The summed E-state index contributed by atoms with van der Waals surface area (Å²) in [5.41, 5.74) is 0.751. The third-order valence-electron chi connectivity index (χ3n) is 2.46. The van der Waals surface area contributed by atoms with Gasteiger partial charge in [-0.15, -0.1) is 0 Å². The van der Waals surface area contributed by atoms with Gasteiger partial charge in [0.2, 0.25) is 0 Å². The highest BCUT2D eigenvalue weighted by Gasteiger charge is 2.08. The van der Waals surface area contributed by atoms with Crippen molar-refractivity contribution in [3.8, 4) is 5.75 Å². The van der Waals surface area contributed by atoms with Crippen LogP contribution in [-0.2, 0) is 11.2 Å². The van der Waals surface area contributed by atoms with Gasteiger partial charge in [-0.3, -0.25) is 9.78 Å². The van der Waals surface area contributed by atoms with E-state index < -0.39 is 0 Å². The number of Topliss-reactive ketones (excluding diaryl/α,β-unsaturated/α-hetero) is 1. The first-order valence-electron chi connectivity index (χ1n) is 5.63. The average molecular weight is 296 g/mol. The van der Waals surface area contributed by atoms with Crippen molar-refractivity contribution in [3.63, 3.8) is 0 Å². The van der Waals surface area contributed by atoms with Crippen molar-refractivity contribution >= 4 is 29.0 Å². The van der Waals surface area contributed by atoms with E-state index in [1.54, 1.807) is 36.5 Å². The summed E-state index contributed by atoms with van der Waals surface area (Å²) < 4.78 is 5.37. The largest absolute Gasteiger partial charge is 0.486 e. The molecule has 0 N–H and O–H groups in total. The molecule has 5 heteroatoms. The van der Waals surface area contributed by atoms with Gasteiger partial charge in [-0.25, -0.2) is 0 Å². The number of ether oxygens (including phenoxy) is 1. The van der Waals surface area contributed by atoms with Crippen LogP contribution in [0.3, 0.4) is 0 Å². The van der Waals surface area contributed by atoms with E-state index in [1.807, 2.05) is 0 Å². The second kappa shape index (κ2) is 6.55. The SMILES string of the molecule is O=C(COc1ccc(Cl)cc1)Cc1ccncc1Cl. The van der Waals surface area contributed by atoms with E-state index in [0.717, 1.165) is 5.56 Å². The molecule has 0 aliphatic rings. The fourth-order valence-corrected chi connectivity index (χ4v) is 1.82. The molecule has 3 nitrogen and oxygen atoms in total. The van der Waals surface area contributed by atoms with Crippen molar-refractivity contribution in [1.29, 1.82) is 0 Å². The normalized spacial score (nSPS) is 10.2. The molecular weight excluding hydrogens is 285 g/mol. The fraction of sp³-hybridized carbons (Fsp3) is 0.143. The quantitative estimate of drug-likeness (QED) is 0.846. The number of hydrogen-bond acceptors (Lipinski definition) is 3. The Labute approximate surface area is 121 Å². The minimum atomic E-state index is -0.0527. The summed E-state index contributed by atoms with van der Waals surface area (Å²) in [6, 6.07) is 8.58. The Kier molecular flexibility index (Phi) is 4.77. The summed E-state index contributed by atoms with van der Waals surface area (Å²) in [4.78, 5) is 15.6. The fourth-order valence-electron chi connectivity index (χ4n) is 1.51. The van der Waals surface area contributed by atoms with Crippen molar-refractivity contribution in [2.24, 2.45) is 0 Å². The minimum Gasteiger partial charge on any atom is -0.486 e. The Balaban J connectivity index is 1.88. The van der Waals surface area contributed by atoms with E-state index in [4.69, 9.17) is 27.9 Å². The van der Waals surface area contributed by atoms with E-state index in [0.29, 0.717) is 15.8 Å². The molecule has 2 rings (SSSR count). The van der Waals surface area contributed by atoms with Gasteiger partial charge in [-0.2, -0.15) is 0 Å². The van der Waals surface area contributed by atoms with Crippen LogP contribution < -0.4 is 4.74 Å². The van der Waals surface area contributed by atoms with Gasteiger partial charge in [-0.1, -0.05) is 23.2 Å². The molecule has 1 heterocycles. The molecule has 0 aliphatic carbocycles. The van der Waals surface area contributed by atoms with Crippen LogP contribution in [0.4, 0.5) is 0 Å². The molecule has 0 amide bonds. The van der Waals surface area contributed by atoms with Crippen molar-refractivity contribution < 1.29 is 9.53 Å². The van der Waals surface area contributed by atoms with Crippen molar-refractivity contribution in [1.82, 2.24) is 4.98 Å². The Morgan fingerprint density at radius 3 is 2.58 bits per heavy atom. The lowest BCUT2D eigenvalue weighted by atomic mass is 10.1. The topological polar surface area (TPSA) is 39.2 Å². The first kappa shape index (κ1) is 13.8. The summed E-state index contributed by atoms with van der Waals surface area (Å²) in [6.07, 6.45) is 3.35. The minimum absolute atomic E-state index is 0.000282. The highest BCUT2D eigenvalue weighted by Crippen LogP contribution is 2.16. The number of benzene rings is 1. The van der Waals surface area contributed by atoms with Gasteiger partial charge in [0.15, 0.2) is 5.78 Å². The zero-order valence-electron chi connectivity index (χ0n) is 9.98. The molecule has 0 unspecified atom stereocenters. The molecule has 0 bridgehead atoms. The number of halogens is 2. The van der Waals surface area contributed by atoms with E-state index in [1.165, 1.54) is 6.20 Å². The average Bonchev–Trinajstić information content (AvgIpc) is 2.41. The standard InChI is InChI=1S/C14H11Cl2NO2/c15-11-1-3-13(4-2-11)19-9-12(18)7-10-5-6-17-8-14(10)16/h1-6,8H,7,9H2. The lowest BCUT2D eigenvalue weighted by Crippen LogP contribution is -2.14. The van der Waals surface area contributed by atoms with Crippen LogP contribution >= 0.6 is 23.2 Å². The summed E-state index contributed by atoms with van der Waals surface area (Å²) >= 11 is 11.7. The predicted molar refractivity (Wildman–Crippen MR) is 74.9 cm³/mol. The summed E-state index contributed by atoms with van der Waals surface area (Å²) in [7, 11) is 0. The van der Waals surface area contributed by atoms with Crippen molar-refractivity contribution in [2.45, 2.75) is 6.42 Å². The molecule has 1 aromatic carbocycles. The number of ketones is 1. The number of hydrogen-bond donors (Lipinski definition) is 0. The Hall–Kier alpha value is -1.58. The summed E-state index contributed by atoms with van der Waals surface area (Å²) in [6.45, 7) is 0.000282. The molecule has 0 saturated carbocycles. The number of pyridine rings is 1. The zero-order valence-corrected chi connectivity index (χ0v) is 11.5. The third kappa shape index (κ3) is 4.23. The summed E-state index contributed by atoms with van der Waals surface area (Å²) in [5.74, 6) is 0.557. The third-order valence-corrected chi connectivity index (χ3v) is 3.05. The van der Waals surface area contributed by atoms with E-state index >= 15 is 0 Å². The van der Waals surface area contributed by atoms with Gasteiger partial charge in [0.05, 0.1) is 5.02 Å². The van der Waals surface area contributed by atoms with E-state index in [-0.39, 0.29) is 18.8 Å². The second-order valence-corrected chi connectivity index (χ2v) is 4.77. The Morgan fingerprint density at radius 2 is 1.89 bits per heavy atom. The Bertz CT molecular complexity index is 570. The number of carbonyl (C=O) groups excluding carboxylic acids is 1. The van der Waals surface area contributed by atoms with Gasteiger partial charge >= 0.3 is 0 Å². The van der Waals surface area contributed by atoms with Gasteiger partial charge in [0, 0.05) is 23.8 Å². The lowest BCUT2D eigenvalue weighted by molar-refractivity contribution is -0.120. The van der Waals surface area contributed by atoms with Crippen molar-refractivity contribution in [3.05, 3.63) is 58.3 Å². The van der Waals surface area contributed by atoms with Crippen LogP contribution in [0.2, 0.25) is 10.0 Å². The highest BCUT2D eigenvalue weighted by molar-refractivity contribution is 6.31. The van der Waals surface area contributed by atoms with Crippen LogP contribution in [0.25, 0.3) is 0 Å². The second-order valence-electron chi connectivity index (χ2n) is 3.93. The Morgan fingerprint density at radius 1 is 1.16 bits per heavy atom. The van der Waals surface area contributed by atoms with E-state index in [9.17, 15) is 4.79 Å². The maximum Gasteiger partial charge on any atom is 0.174 e. The zero-order chi connectivity index (χ0) is 13.7. The van der Waals surface area contributed by atoms with Gasteiger partial charge in [0.25, 0.3) is 0 Å². The molecule has 0 aliphatic heterocycles. The number of carbonyl (C=O) groups is 1. The van der Waals surface area contributed by atoms with Crippen LogP contribution in [0.1, 0.15) is 5.56 Å². The summed E-state index contributed by atoms with van der Waals surface area (Å²) in [5, 5.41) is 1.12. The van der Waals surface area contributed by atoms with Gasteiger partial charge in [0.1, 0.15) is 12.4 Å². The smallest absolute Gasteiger partial charge is 0.174 e. The lowest BCUT2D eigenvalue weighted by Gasteiger charge is -2.06. The van der Waals surface area contributed by atoms with Crippen LogP contribution in [-0.4, -0.2) is 17.4 Å². The molecule has 0 atom stereocenters. The maximum absolute atomic E-state index is 11.8. The van der Waals surface area contributed by atoms with Crippen LogP contribution in [0, 0.1) is 0 Å². The van der Waals surface area contributed by atoms with Gasteiger partial charge in [-0.05, 0) is 35.9 Å². The van der Waals surface area contributed by atoms with Crippen LogP contribution in [0.15, 0.2) is 42.7 Å². The monoisotopic (exact) mass is 295 g/mol. The maximum atomic E-state index is 11.8.